The molecule has 0 bridgehead atoms. The number of anilines is 2. The third-order valence-corrected chi connectivity index (χ3v) is 4.82. The number of aryl methyl sites for hydroxylation is 2. The number of amides is 2. The highest BCUT2D eigenvalue weighted by Crippen LogP contribution is 2.25. The number of urea groups is 1. The second-order valence-corrected chi connectivity index (χ2v) is 7.60. The van der Waals surface area contributed by atoms with E-state index in [1.807, 2.05) is 55.6 Å². The molecule has 3 rings (SSSR count). The SMILES string of the molecule is Cc1cc(C)cc(NC(=O)Nc2nc(-c3ccc(I)cc3)cs2)c1. The van der Waals surface area contributed by atoms with Crippen LogP contribution < -0.4 is 10.6 Å². The maximum Gasteiger partial charge on any atom is 0.325 e. The lowest BCUT2D eigenvalue weighted by Crippen LogP contribution is -2.19. The Morgan fingerprint density at radius 1 is 1.04 bits per heavy atom. The van der Waals surface area contributed by atoms with Gasteiger partial charge in [-0.15, -0.1) is 11.3 Å². The molecule has 6 heteroatoms. The molecule has 2 aromatic carbocycles. The third kappa shape index (κ3) is 4.33. The van der Waals surface area contributed by atoms with Gasteiger partial charge in [-0.25, -0.2) is 9.78 Å². The number of thiazole rings is 1. The van der Waals surface area contributed by atoms with Gasteiger partial charge in [0.05, 0.1) is 5.69 Å². The van der Waals surface area contributed by atoms with Crippen LogP contribution in [-0.4, -0.2) is 11.0 Å². The average Bonchev–Trinajstić information content (AvgIpc) is 2.95. The van der Waals surface area contributed by atoms with Crippen LogP contribution in [0, 0.1) is 17.4 Å². The Labute approximate surface area is 158 Å². The molecule has 0 spiro atoms. The van der Waals surface area contributed by atoms with E-state index in [2.05, 4.69) is 44.3 Å². The molecule has 122 valence electrons. The van der Waals surface area contributed by atoms with Gasteiger partial charge >= 0.3 is 6.03 Å². The van der Waals surface area contributed by atoms with Crippen molar-refractivity contribution < 1.29 is 4.79 Å². The number of aromatic nitrogens is 1. The van der Waals surface area contributed by atoms with Crippen LogP contribution in [-0.2, 0) is 0 Å². The molecule has 0 aliphatic heterocycles. The molecule has 0 atom stereocenters. The lowest BCUT2D eigenvalue weighted by atomic mass is 10.1. The fourth-order valence-corrected chi connectivity index (χ4v) is 3.47. The molecule has 1 aromatic heterocycles. The van der Waals surface area contributed by atoms with Gasteiger partial charge in [-0.1, -0.05) is 18.2 Å². The number of carbonyl (C=O) groups is 1. The summed E-state index contributed by atoms with van der Waals surface area (Å²) in [5.41, 5.74) is 4.90. The Morgan fingerprint density at radius 2 is 1.71 bits per heavy atom. The standard InChI is InChI=1S/C18H16IN3OS/c1-11-7-12(2)9-15(8-11)20-17(23)22-18-21-16(10-24-18)13-3-5-14(19)6-4-13/h3-10H,1-2H3,(H2,20,21,22,23). The van der Waals surface area contributed by atoms with Crippen LogP contribution in [0.1, 0.15) is 11.1 Å². The maximum absolute atomic E-state index is 12.1. The van der Waals surface area contributed by atoms with Crippen molar-refractivity contribution in [1.29, 1.82) is 0 Å². The average molecular weight is 449 g/mol. The summed E-state index contributed by atoms with van der Waals surface area (Å²) in [4.78, 5) is 16.6. The smallest absolute Gasteiger partial charge is 0.308 e. The van der Waals surface area contributed by atoms with Crippen molar-refractivity contribution in [3.05, 3.63) is 62.5 Å². The molecule has 24 heavy (non-hydrogen) atoms. The lowest BCUT2D eigenvalue weighted by molar-refractivity contribution is 0.262. The number of carbonyl (C=O) groups excluding carboxylic acids is 1. The van der Waals surface area contributed by atoms with Crippen LogP contribution in [0.4, 0.5) is 15.6 Å². The van der Waals surface area contributed by atoms with E-state index < -0.39 is 0 Å². The topological polar surface area (TPSA) is 54.0 Å². The number of halogens is 1. The Morgan fingerprint density at radius 3 is 2.38 bits per heavy atom. The van der Waals surface area contributed by atoms with Gasteiger partial charge in [0, 0.05) is 20.2 Å². The Bertz CT molecular complexity index is 854. The second-order valence-electron chi connectivity index (χ2n) is 5.50. The molecular weight excluding hydrogens is 433 g/mol. The van der Waals surface area contributed by atoms with Crippen molar-refractivity contribution >= 4 is 50.8 Å². The van der Waals surface area contributed by atoms with E-state index in [0.717, 1.165) is 28.1 Å². The van der Waals surface area contributed by atoms with Gasteiger partial charge in [0.25, 0.3) is 0 Å². The van der Waals surface area contributed by atoms with E-state index in [4.69, 9.17) is 0 Å². The molecule has 2 N–H and O–H groups in total. The highest BCUT2D eigenvalue weighted by Gasteiger charge is 2.08. The Balaban J connectivity index is 1.68. The monoisotopic (exact) mass is 449 g/mol. The van der Waals surface area contributed by atoms with Crippen molar-refractivity contribution in [1.82, 2.24) is 4.98 Å². The lowest BCUT2D eigenvalue weighted by Gasteiger charge is -2.07. The van der Waals surface area contributed by atoms with Crippen LogP contribution in [0.5, 0.6) is 0 Å². The predicted molar refractivity (Wildman–Crippen MR) is 109 cm³/mol. The minimum Gasteiger partial charge on any atom is -0.308 e. The molecule has 0 aliphatic carbocycles. The molecular formula is C18H16IN3OS. The third-order valence-electron chi connectivity index (χ3n) is 3.34. The van der Waals surface area contributed by atoms with Gasteiger partial charge in [-0.05, 0) is 71.8 Å². The Hall–Kier alpha value is -1.93. The van der Waals surface area contributed by atoms with E-state index >= 15 is 0 Å². The largest absolute Gasteiger partial charge is 0.325 e. The summed E-state index contributed by atoms with van der Waals surface area (Å²) in [7, 11) is 0. The summed E-state index contributed by atoms with van der Waals surface area (Å²) in [5, 5.41) is 8.14. The van der Waals surface area contributed by atoms with Crippen LogP contribution in [0.25, 0.3) is 11.3 Å². The molecule has 0 radical (unpaired) electrons. The number of hydrogen-bond donors (Lipinski definition) is 2. The maximum atomic E-state index is 12.1. The fraction of sp³-hybridized carbons (Fsp3) is 0.111. The summed E-state index contributed by atoms with van der Waals surface area (Å²) in [5.74, 6) is 0. The first-order chi connectivity index (χ1) is 11.5. The van der Waals surface area contributed by atoms with Crippen molar-refractivity contribution in [2.24, 2.45) is 0 Å². The second kappa shape index (κ2) is 7.31. The quantitative estimate of drug-likeness (QED) is 0.506. The highest BCUT2D eigenvalue weighted by molar-refractivity contribution is 14.1. The molecule has 0 aliphatic rings. The molecule has 3 aromatic rings. The van der Waals surface area contributed by atoms with Gasteiger partial charge in [0.2, 0.25) is 0 Å². The number of nitrogens with zero attached hydrogens (tertiary/aromatic N) is 1. The van der Waals surface area contributed by atoms with Crippen molar-refractivity contribution in [2.45, 2.75) is 13.8 Å². The van der Waals surface area contributed by atoms with Gasteiger partial charge in [-0.2, -0.15) is 0 Å². The van der Waals surface area contributed by atoms with E-state index in [9.17, 15) is 4.79 Å². The molecule has 0 saturated carbocycles. The summed E-state index contributed by atoms with van der Waals surface area (Å²) in [6, 6.07) is 13.8. The first-order valence-corrected chi connectivity index (χ1v) is 9.33. The number of nitrogens with one attached hydrogen (secondary N) is 2. The summed E-state index contributed by atoms with van der Waals surface area (Å²) in [6.07, 6.45) is 0. The van der Waals surface area contributed by atoms with Crippen LogP contribution in [0.3, 0.4) is 0 Å². The van der Waals surface area contributed by atoms with Crippen LogP contribution in [0.15, 0.2) is 47.8 Å². The van der Waals surface area contributed by atoms with Gasteiger partial charge in [0.15, 0.2) is 5.13 Å². The van der Waals surface area contributed by atoms with Crippen molar-refractivity contribution in [3.63, 3.8) is 0 Å². The van der Waals surface area contributed by atoms with E-state index in [1.54, 1.807) is 0 Å². The molecule has 2 amide bonds. The number of hydrogen-bond acceptors (Lipinski definition) is 3. The van der Waals surface area contributed by atoms with Gasteiger partial charge in [0.1, 0.15) is 0 Å². The summed E-state index contributed by atoms with van der Waals surface area (Å²) >= 11 is 3.68. The summed E-state index contributed by atoms with van der Waals surface area (Å²) in [6.45, 7) is 4.01. The Kier molecular flexibility index (Phi) is 5.15. The molecule has 4 nitrogen and oxygen atoms in total. The zero-order valence-electron chi connectivity index (χ0n) is 13.3. The zero-order chi connectivity index (χ0) is 17.1. The normalized spacial score (nSPS) is 10.5. The van der Waals surface area contributed by atoms with Crippen molar-refractivity contribution in [3.8, 4) is 11.3 Å². The highest BCUT2D eigenvalue weighted by atomic mass is 127. The zero-order valence-corrected chi connectivity index (χ0v) is 16.2. The predicted octanol–water partition coefficient (Wildman–Crippen LogP) is 5.68. The van der Waals surface area contributed by atoms with Gasteiger partial charge < -0.3 is 5.32 Å². The number of rotatable bonds is 3. The summed E-state index contributed by atoms with van der Waals surface area (Å²) < 4.78 is 1.18. The van der Waals surface area contributed by atoms with E-state index in [1.165, 1.54) is 14.9 Å². The minimum atomic E-state index is -0.288. The van der Waals surface area contributed by atoms with Crippen LogP contribution in [0.2, 0.25) is 0 Å². The molecule has 0 unspecified atom stereocenters. The van der Waals surface area contributed by atoms with E-state index in [0.29, 0.717) is 5.13 Å². The minimum absolute atomic E-state index is 0.288. The van der Waals surface area contributed by atoms with Crippen molar-refractivity contribution in [2.75, 3.05) is 10.6 Å². The molecule has 1 heterocycles. The number of benzene rings is 2. The first-order valence-electron chi connectivity index (χ1n) is 7.37. The molecule has 0 saturated heterocycles. The van der Waals surface area contributed by atoms with Crippen LogP contribution >= 0.6 is 33.9 Å². The van der Waals surface area contributed by atoms with Gasteiger partial charge in [-0.3, -0.25) is 5.32 Å². The molecule has 0 fully saturated rings. The fourth-order valence-electron chi connectivity index (χ4n) is 2.39. The van der Waals surface area contributed by atoms with E-state index in [-0.39, 0.29) is 6.03 Å². The first kappa shape index (κ1) is 16.9.